The monoisotopic (exact) mass is 268 g/mol. The minimum atomic E-state index is -0.533. The van der Waals surface area contributed by atoms with Gasteiger partial charge in [-0.3, -0.25) is 4.79 Å². The van der Waals surface area contributed by atoms with E-state index in [1.807, 2.05) is 45.0 Å². The first kappa shape index (κ1) is 15.0. The van der Waals surface area contributed by atoms with Gasteiger partial charge in [-0.1, -0.05) is 29.8 Å². The van der Waals surface area contributed by atoms with E-state index in [-0.39, 0.29) is 11.9 Å². The van der Waals surface area contributed by atoms with Crippen LogP contribution < -0.4 is 11.1 Å². The Kier molecular flexibility index (Phi) is 5.17. The van der Waals surface area contributed by atoms with Crippen LogP contribution in [0.4, 0.5) is 0 Å². The van der Waals surface area contributed by atoms with E-state index in [1.54, 1.807) is 0 Å². The zero-order chi connectivity index (χ0) is 13.8. The van der Waals surface area contributed by atoms with Gasteiger partial charge in [0.2, 0.25) is 5.91 Å². The second-order valence-corrected chi connectivity index (χ2v) is 5.67. The second kappa shape index (κ2) is 6.21. The molecule has 1 atom stereocenters. The van der Waals surface area contributed by atoms with E-state index in [0.717, 1.165) is 10.6 Å². The standard InChI is InChI=1S/C14H21ClN2O/c1-10(17-13(18)14(2,3)9-16)8-11-6-4-5-7-12(11)15/h4-7,10H,8-9,16H2,1-3H3,(H,17,18). The van der Waals surface area contributed by atoms with Crippen LogP contribution in [-0.2, 0) is 11.2 Å². The van der Waals surface area contributed by atoms with Crippen LogP contribution >= 0.6 is 11.6 Å². The third kappa shape index (κ3) is 4.00. The molecule has 18 heavy (non-hydrogen) atoms. The number of carbonyl (C=O) groups is 1. The average Bonchev–Trinajstić information content (AvgIpc) is 2.32. The maximum Gasteiger partial charge on any atom is 0.227 e. The Morgan fingerprint density at radius 3 is 2.61 bits per heavy atom. The molecule has 0 spiro atoms. The van der Waals surface area contributed by atoms with Gasteiger partial charge in [-0.15, -0.1) is 0 Å². The third-order valence-electron chi connectivity index (χ3n) is 2.99. The summed E-state index contributed by atoms with van der Waals surface area (Å²) in [6.45, 7) is 5.97. The minimum absolute atomic E-state index is 0.0236. The highest BCUT2D eigenvalue weighted by atomic mass is 35.5. The maximum atomic E-state index is 12.0. The Morgan fingerprint density at radius 2 is 2.06 bits per heavy atom. The van der Waals surface area contributed by atoms with Gasteiger partial charge in [-0.05, 0) is 38.8 Å². The van der Waals surface area contributed by atoms with E-state index < -0.39 is 5.41 Å². The molecule has 0 aliphatic heterocycles. The highest BCUT2D eigenvalue weighted by Crippen LogP contribution is 2.18. The summed E-state index contributed by atoms with van der Waals surface area (Å²) in [7, 11) is 0. The van der Waals surface area contributed by atoms with Crippen LogP contribution in [0, 0.1) is 5.41 Å². The molecule has 0 heterocycles. The van der Waals surface area contributed by atoms with Crippen molar-refractivity contribution < 1.29 is 4.79 Å². The van der Waals surface area contributed by atoms with Crippen LogP contribution in [0.1, 0.15) is 26.3 Å². The molecule has 4 heteroatoms. The van der Waals surface area contributed by atoms with Gasteiger partial charge in [0.15, 0.2) is 0 Å². The van der Waals surface area contributed by atoms with Crippen molar-refractivity contribution in [3.63, 3.8) is 0 Å². The van der Waals surface area contributed by atoms with E-state index in [9.17, 15) is 4.79 Å². The predicted molar refractivity (Wildman–Crippen MR) is 75.6 cm³/mol. The molecule has 0 aliphatic carbocycles. The molecule has 0 saturated heterocycles. The van der Waals surface area contributed by atoms with Crippen LogP contribution in [0.15, 0.2) is 24.3 Å². The molecule has 1 aromatic rings. The summed E-state index contributed by atoms with van der Waals surface area (Å²) >= 11 is 6.09. The fourth-order valence-corrected chi connectivity index (χ4v) is 1.77. The molecule has 3 nitrogen and oxygen atoms in total. The zero-order valence-electron chi connectivity index (χ0n) is 11.2. The van der Waals surface area contributed by atoms with Crippen molar-refractivity contribution in [3.8, 4) is 0 Å². The molecule has 1 aromatic carbocycles. The molecule has 0 bridgehead atoms. The van der Waals surface area contributed by atoms with Gasteiger partial charge in [0.05, 0.1) is 5.41 Å². The topological polar surface area (TPSA) is 55.1 Å². The first-order valence-electron chi connectivity index (χ1n) is 6.11. The number of halogens is 1. The van der Waals surface area contributed by atoms with Crippen LogP contribution in [-0.4, -0.2) is 18.5 Å². The van der Waals surface area contributed by atoms with Gasteiger partial charge < -0.3 is 11.1 Å². The lowest BCUT2D eigenvalue weighted by Crippen LogP contribution is -2.45. The Bertz CT molecular complexity index is 418. The van der Waals surface area contributed by atoms with Crippen molar-refractivity contribution >= 4 is 17.5 Å². The van der Waals surface area contributed by atoms with Gasteiger partial charge in [0.25, 0.3) is 0 Å². The molecule has 0 saturated carbocycles. The number of nitrogens with two attached hydrogens (primary N) is 1. The normalized spacial score (nSPS) is 13.2. The molecule has 1 rings (SSSR count). The lowest BCUT2D eigenvalue weighted by atomic mass is 9.92. The molecule has 1 amide bonds. The zero-order valence-corrected chi connectivity index (χ0v) is 11.9. The van der Waals surface area contributed by atoms with Gasteiger partial charge in [0.1, 0.15) is 0 Å². The van der Waals surface area contributed by atoms with Gasteiger partial charge in [0, 0.05) is 17.6 Å². The lowest BCUT2D eigenvalue weighted by Gasteiger charge is -2.24. The molecular weight excluding hydrogens is 248 g/mol. The Morgan fingerprint density at radius 1 is 1.44 bits per heavy atom. The van der Waals surface area contributed by atoms with E-state index in [0.29, 0.717) is 13.0 Å². The smallest absolute Gasteiger partial charge is 0.227 e. The quantitative estimate of drug-likeness (QED) is 0.861. The van der Waals surface area contributed by atoms with Crippen molar-refractivity contribution in [2.24, 2.45) is 11.1 Å². The SMILES string of the molecule is CC(Cc1ccccc1Cl)NC(=O)C(C)(C)CN. The van der Waals surface area contributed by atoms with Gasteiger partial charge in [-0.2, -0.15) is 0 Å². The van der Waals surface area contributed by atoms with Crippen molar-refractivity contribution in [2.45, 2.75) is 33.2 Å². The second-order valence-electron chi connectivity index (χ2n) is 5.26. The first-order valence-corrected chi connectivity index (χ1v) is 6.49. The van der Waals surface area contributed by atoms with Crippen molar-refractivity contribution in [1.82, 2.24) is 5.32 Å². The molecule has 1 unspecified atom stereocenters. The van der Waals surface area contributed by atoms with Crippen LogP contribution in [0.3, 0.4) is 0 Å². The Hall–Kier alpha value is -1.06. The Balaban J connectivity index is 2.60. The maximum absolute atomic E-state index is 12.0. The number of amides is 1. The lowest BCUT2D eigenvalue weighted by molar-refractivity contribution is -0.129. The summed E-state index contributed by atoms with van der Waals surface area (Å²) in [6.07, 6.45) is 0.714. The molecule has 0 radical (unpaired) electrons. The van der Waals surface area contributed by atoms with Crippen molar-refractivity contribution in [2.75, 3.05) is 6.54 Å². The summed E-state index contributed by atoms with van der Waals surface area (Å²) in [5, 5.41) is 3.70. The predicted octanol–water partition coefficient (Wildman–Crippen LogP) is 2.37. The van der Waals surface area contributed by atoms with Crippen molar-refractivity contribution in [1.29, 1.82) is 0 Å². The van der Waals surface area contributed by atoms with Gasteiger partial charge in [-0.25, -0.2) is 0 Å². The summed E-state index contributed by atoms with van der Waals surface area (Å²) < 4.78 is 0. The number of hydrogen-bond acceptors (Lipinski definition) is 2. The van der Waals surface area contributed by atoms with E-state index in [1.165, 1.54) is 0 Å². The van der Waals surface area contributed by atoms with E-state index in [2.05, 4.69) is 5.32 Å². The largest absolute Gasteiger partial charge is 0.353 e. The Labute approximate surface area is 114 Å². The molecule has 0 fully saturated rings. The van der Waals surface area contributed by atoms with E-state index in [4.69, 9.17) is 17.3 Å². The van der Waals surface area contributed by atoms with Gasteiger partial charge >= 0.3 is 0 Å². The molecule has 3 N–H and O–H groups in total. The van der Waals surface area contributed by atoms with Crippen LogP contribution in [0.25, 0.3) is 0 Å². The summed E-state index contributed by atoms with van der Waals surface area (Å²) in [5.74, 6) is -0.0236. The van der Waals surface area contributed by atoms with Crippen LogP contribution in [0.2, 0.25) is 5.02 Å². The van der Waals surface area contributed by atoms with E-state index >= 15 is 0 Å². The number of benzene rings is 1. The molecule has 100 valence electrons. The average molecular weight is 269 g/mol. The highest BCUT2D eigenvalue weighted by Gasteiger charge is 2.26. The van der Waals surface area contributed by atoms with Crippen LogP contribution in [0.5, 0.6) is 0 Å². The summed E-state index contributed by atoms with van der Waals surface area (Å²) in [6, 6.07) is 7.70. The summed E-state index contributed by atoms with van der Waals surface area (Å²) in [5.41, 5.74) is 6.08. The highest BCUT2D eigenvalue weighted by molar-refractivity contribution is 6.31. The molecule has 0 aliphatic rings. The third-order valence-corrected chi connectivity index (χ3v) is 3.36. The number of rotatable bonds is 5. The fraction of sp³-hybridized carbons (Fsp3) is 0.500. The first-order chi connectivity index (χ1) is 8.36. The number of nitrogens with one attached hydrogen (secondary N) is 1. The van der Waals surface area contributed by atoms with Crippen molar-refractivity contribution in [3.05, 3.63) is 34.9 Å². The fourth-order valence-electron chi connectivity index (χ4n) is 1.56. The summed E-state index contributed by atoms with van der Waals surface area (Å²) in [4.78, 5) is 12.0. The minimum Gasteiger partial charge on any atom is -0.353 e. The number of hydrogen-bond donors (Lipinski definition) is 2. The molecular formula is C14H21ClN2O. The number of carbonyl (C=O) groups excluding carboxylic acids is 1. The molecule has 0 aromatic heterocycles.